The number of rotatable bonds is 7. The second kappa shape index (κ2) is 7.40. The number of nitrogens with zero attached hydrogens (tertiary/aromatic N) is 2. The molecule has 24 heavy (non-hydrogen) atoms. The highest BCUT2D eigenvalue weighted by Gasteiger charge is 2.21. The molecule has 0 saturated carbocycles. The normalized spacial score (nSPS) is 11.6. The van der Waals surface area contributed by atoms with Crippen LogP contribution in [0.2, 0.25) is 0 Å². The van der Waals surface area contributed by atoms with Gasteiger partial charge >= 0.3 is 0 Å². The number of nitrogens with one attached hydrogen (secondary N) is 1. The van der Waals surface area contributed by atoms with Gasteiger partial charge in [-0.05, 0) is 30.2 Å². The molecule has 8 heteroatoms. The summed E-state index contributed by atoms with van der Waals surface area (Å²) in [4.78, 5) is 20.7. The van der Waals surface area contributed by atoms with Crippen molar-refractivity contribution >= 4 is 17.1 Å². The molecule has 0 spiro atoms. The number of non-ortho nitro benzene ring substituents is 1. The van der Waals surface area contributed by atoms with Crippen LogP contribution in [0.15, 0.2) is 42.5 Å². The van der Waals surface area contributed by atoms with Gasteiger partial charge in [0.05, 0.1) is 29.1 Å². The van der Waals surface area contributed by atoms with Crippen molar-refractivity contribution in [1.82, 2.24) is 0 Å². The van der Waals surface area contributed by atoms with E-state index in [0.29, 0.717) is 6.42 Å². The Hall–Kier alpha value is -3.16. The number of methoxy groups -OCH3 is 1. The van der Waals surface area contributed by atoms with Crippen molar-refractivity contribution in [2.45, 2.75) is 19.4 Å². The van der Waals surface area contributed by atoms with Crippen LogP contribution in [-0.2, 0) is 0 Å². The molecule has 0 aliphatic rings. The first-order valence-corrected chi connectivity index (χ1v) is 7.29. The van der Waals surface area contributed by atoms with Gasteiger partial charge in [0.15, 0.2) is 0 Å². The minimum atomic E-state index is -0.655. The Balaban J connectivity index is 2.32. The highest BCUT2D eigenvalue weighted by Crippen LogP contribution is 2.33. The Morgan fingerprint density at radius 1 is 1.08 bits per heavy atom. The quantitative estimate of drug-likeness (QED) is 0.605. The van der Waals surface area contributed by atoms with Crippen LogP contribution in [0.1, 0.15) is 24.9 Å². The zero-order valence-electron chi connectivity index (χ0n) is 13.3. The molecule has 0 heterocycles. The van der Waals surface area contributed by atoms with Crippen LogP contribution in [0.25, 0.3) is 0 Å². The molecule has 0 bridgehead atoms. The summed E-state index contributed by atoms with van der Waals surface area (Å²) in [6.45, 7) is 1.94. The van der Waals surface area contributed by atoms with Gasteiger partial charge in [-0.1, -0.05) is 19.1 Å². The lowest BCUT2D eigenvalue weighted by molar-refractivity contribution is -0.393. The average molecular weight is 331 g/mol. The van der Waals surface area contributed by atoms with E-state index >= 15 is 0 Å². The van der Waals surface area contributed by atoms with Crippen LogP contribution in [0, 0.1) is 20.2 Å². The first-order chi connectivity index (χ1) is 11.5. The van der Waals surface area contributed by atoms with Gasteiger partial charge in [0, 0.05) is 6.07 Å². The minimum Gasteiger partial charge on any atom is -0.497 e. The van der Waals surface area contributed by atoms with Crippen LogP contribution >= 0.6 is 0 Å². The summed E-state index contributed by atoms with van der Waals surface area (Å²) < 4.78 is 5.11. The lowest BCUT2D eigenvalue weighted by Gasteiger charge is -2.19. The number of ether oxygens (including phenoxy) is 1. The third-order valence-electron chi connectivity index (χ3n) is 3.64. The van der Waals surface area contributed by atoms with Crippen molar-refractivity contribution in [2.24, 2.45) is 0 Å². The molecule has 0 aliphatic heterocycles. The Labute approximate surface area is 138 Å². The summed E-state index contributed by atoms with van der Waals surface area (Å²) in [5.41, 5.74) is 0.542. The van der Waals surface area contributed by atoms with E-state index in [4.69, 9.17) is 4.74 Å². The molecule has 2 aromatic rings. The summed E-state index contributed by atoms with van der Waals surface area (Å²) in [6, 6.07) is 10.8. The molecule has 126 valence electrons. The molecule has 0 amide bonds. The zero-order valence-corrected chi connectivity index (χ0v) is 13.3. The number of nitro groups is 2. The maximum atomic E-state index is 11.2. The summed E-state index contributed by atoms with van der Waals surface area (Å²) in [6.07, 6.45) is 0.681. The van der Waals surface area contributed by atoms with Gasteiger partial charge in [-0.15, -0.1) is 0 Å². The van der Waals surface area contributed by atoms with E-state index in [0.717, 1.165) is 17.4 Å². The topological polar surface area (TPSA) is 108 Å². The van der Waals surface area contributed by atoms with E-state index in [1.165, 1.54) is 12.1 Å². The molecule has 0 fully saturated rings. The minimum absolute atomic E-state index is 0.170. The molecular weight excluding hydrogens is 314 g/mol. The van der Waals surface area contributed by atoms with Gasteiger partial charge < -0.3 is 10.1 Å². The molecule has 1 unspecified atom stereocenters. The Morgan fingerprint density at radius 3 is 2.25 bits per heavy atom. The van der Waals surface area contributed by atoms with Crippen molar-refractivity contribution in [2.75, 3.05) is 12.4 Å². The Morgan fingerprint density at radius 2 is 1.75 bits per heavy atom. The first-order valence-electron chi connectivity index (χ1n) is 7.29. The van der Waals surface area contributed by atoms with Crippen molar-refractivity contribution in [3.8, 4) is 5.75 Å². The average Bonchev–Trinajstić information content (AvgIpc) is 2.59. The van der Waals surface area contributed by atoms with Gasteiger partial charge in [-0.2, -0.15) is 0 Å². The molecular formula is C16H17N3O5. The summed E-state index contributed by atoms with van der Waals surface area (Å²) in [5, 5.41) is 25.1. The third kappa shape index (κ3) is 3.78. The van der Waals surface area contributed by atoms with Gasteiger partial charge in [0.25, 0.3) is 11.4 Å². The molecule has 0 radical (unpaired) electrons. The van der Waals surface area contributed by atoms with Crippen molar-refractivity contribution in [3.63, 3.8) is 0 Å². The number of hydrogen-bond donors (Lipinski definition) is 1. The lowest BCUT2D eigenvalue weighted by Crippen LogP contribution is -2.11. The molecule has 2 rings (SSSR count). The highest BCUT2D eigenvalue weighted by atomic mass is 16.6. The van der Waals surface area contributed by atoms with Crippen LogP contribution in [0.4, 0.5) is 17.1 Å². The monoisotopic (exact) mass is 331 g/mol. The summed E-state index contributed by atoms with van der Waals surface area (Å²) in [5.74, 6) is 0.718. The molecule has 0 aliphatic carbocycles. The van der Waals surface area contributed by atoms with Crippen LogP contribution in [-0.4, -0.2) is 17.0 Å². The Kier molecular flexibility index (Phi) is 5.31. The van der Waals surface area contributed by atoms with Crippen LogP contribution in [0.3, 0.4) is 0 Å². The molecule has 0 saturated heterocycles. The molecule has 8 nitrogen and oxygen atoms in total. The smallest absolute Gasteiger partial charge is 0.299 e. The van der Waals surface area contributed by atoms with Crippen molar-refractivity contribution < 1.29 is 14.6 Å². The number of hydrogen-bond acceptors (Lipinski definition) is 6. The molecule has 1 N–H and O–H groups in total. The fourth-order valence-electron chi connectivity index (χ4n) is 2.35. The number of anilines is 1. The van der Waals surface area contributed by atoms with Crippen LogP contribution in [0.5, 0.6) is 5.75 Å². The van der Waals surface area contributed by atoms with E-state index < -0.39 is 9.85 Å². The maximum Gasteiger partial charge on any atom is 0.299 e. The number of benzene rings is 2. The van der Waals surface area contributed by atoms with Gasteiger partial charge in [-0.25, -0.2) is 0 Å². The van der Waals surface area contributed by atoms with Gasteiger partial charge in [0.2, 0.25) is 0 Å². The zero-order chi connectivity index (χ0) is 17.7. The van der Waals surface area contributed by atoms with E-state index in [9.17, 15) is 20.2 Å². The van der Waals surface area contributed by atoms with E-state index in [1.807, 2.05) is 31.2 Å². The maximum absolute atomic E-state index is 11.2. The fourth-order valence-corrected chi connectivity index (χ4v) is 2.35. The molecule has 2 aromatic carbocycles. The summed E-state index contributed by atoms with van der Waals surface area (Å²) in [7, 11) is 1.57. The van der Waals surface area contributed by atoms with E-state index in [-0.39, 0.29) is 23.1 Å². The number of nitro benzene ring substituents is 2. The standard InChI is InChI=1S/C16H17N3O5/c1-3-14(11-4-7-13(24-2)8-5-11)17-15-9-6-12(18(20)21)10-16(15)19(22)23/h4-10,14,17H,3H2,1-2H3. The predicted molar refractivity (Wildman–Crippen MR) is 89.4 cm³/mol. The molecule has 1 atom stereocenters. The highest BCUT2D eigenvalue weighted by molar-refractivity contribution is 5.66. The lowest BCUT2D eigenvalue weighted by atomic mass is 10.0. The van der Waals surface area contributed by atoms with Crippen LogP contribution < -0.4 is 10.1 Å². The predicted octanol–water partition coefficient (Wildman–Crippen LogP) is 4.07. The Bertz CT molecular complexity index is 746. The second-order valence-corrected chi connectivity index (χ2v) is 5.09. The SMILES string of the molecule is CCC(Nc1ccc([N+](=O)[O-])cc1[N+](=O)[O-])c1ccc(OC)cc1. The van der Waals surface area contributed by atoms with Crippen molar-refractivity contribution in [1.29, 1.82) is 0 Å². The summed E-state index contributed by atoms with van der Waals surface area (Å²) >= 11 is 0. The fraction of sp³-hybridized carbons (Fsp3) is 0.250. The van der Waals surface area contributed by atoms with E-state index in [1.54, 1.807) is 7.11 Å². The first kappa shape index (κ1) is 17.2. The second-order valence-electron chi connectivity index (χ2n) is 5.09. The largest absolute Gasteiger partial charge is 0.497 e. The van der Waals surface area contributed by atoms with Crippen molar-refractivity contribution in [3.05, 3.63) is 68.3 Å². The van der Waals surface area contributed by atoms with Gasteiger partial charge in [0.1, 0.15) is 11.4 Å². The molecule has 0 aromatic heterocycles. The van der Waals surface area contributed by atoms with E-state index in [2.05, 4.69) is 5.32 Å². The third-order valence-corrected chi connectivity index (χ3v) is 3.64. The van der Waals surface area contributed by atoms with Gasteiger partial charge in [-0.3, -0.25) is 20.2 Å².